The number of rotatable bonds is 4. The summed E-state index contributed by atoms with van der Waals surface area (Å²) in [5.41, 5.74) is 2.31. The van der Waals surface area contributed by atoms with E-state index in [9.17, 15) is 0 Å². The molecule has 0 fully saturated rings. The average molecular weight is 235 g/mol. The molecule has 0 saturated heterocycles. The lowest BCUT2D eigenvalue weighted by atomic mass is 9.95. The van der Waals surface area contributed by atoms with Crippen LogP contribution < -0.4 is 5.32 Å². The summed E-state index contributed by atoms with van der Waals surface area (Å²) in [7, 11) is 0. The molecule has 0 radical (unpaired) electrons. The van der Waals surface area contributed by atoms with Crippen molar-refractivity contribution in [3.63, 3.8) is 0 Å². The zero-order chi connectivity index (χ0) is 12.8. The van der Waals surface area contributed by atoms with E-state index < -0.39 is 0 Å². The molecule has 0 saturated carbocycles. The third kappa shape index (κ3) is 2.93. The van der Waals surface area contributed by atoms with Gasteiger partial charge in [-0.15, -0.1) is 12.3 Å². The van der Waals surface area contributed by atoms with E-state index in [1.54, 1.807) is 0 Å². The maximum atomic E-state index is 5.57. The Morgan fingerprint density at radius 3 is 2.06 bits per heavy atom. The van der Waals surface area contributed by atoms with Crippen molar-refractivity contribution in [1.29, 1.82) is 0 Å². The molecule has 2 aromatic rings. The van der Waals surface area contributed by atoms with Crippen molar-refractivity contribution >= 4 is 5.69 Å². The van der Waals surface area contributed by atoms with Crippen LogP contribution in [0.1, 0.15) is 18.5 Å². The molecular weight excluding hydrogens is 218 g/mol. The normalized spacial score (nSPS) is 13.3. The molecule has 18 heavy (non-hydrogen) atoms. The monoisotopic (exact) mass is 235 g/mol. The van der Waals surface area contributed by atoms with E-state index in [1.807, 2.05) is 36.4 Å². The fourth-order valence-electron chi connectivity index (χ4n) is 1.97. The Kier molecular flexibility index (Phi) is 4.04. The van der Waals surface area contributed by atoms with Gasteiger partial charge in [0.2, 0.25) is 0 Å². The van der Waals surface area contributed by atoms with Crippen LogP contribution in [-0.4, -0.2) is 0 Å². The van der Waals surface area contributed by atoms with Crippen LogP contribution in [0.25, 0.3) is 0 Å². The van der Waals surface area contributed by atoms with Crippen molar-refractivity contribution in [3.8, 4) is 12.3 Å². The first kappa shape index (κ1) is 12.3. The van der Waals surface area contributed by atoms with Crippen molar-refractivity contribution in [2.45, 2.75) is 13.0 Å². The number of hydrogen-bond donors (Lipinski definition) is 1. The molecule has 2 aromatic carbocycles. The van der Waals surface area contributed by atoms with Crippen LogP contribution >= 0.6 is 0 Å². The molecule has 1 heteroatoms. The van der Waals surface area contributed by atoms with Crippen LogP contribution in [0.3, 0.4) is 0 Å². The van der Waals surface area contributed by atoms with Crippen molar-refractivity contribution in [1.82, 2.24) is 0 Å². The molecule has 0 bridgehead atoms. The highest BCUT2D eigenvalue weighted by Gasteiger charge is 2.16. The molecule has 0 spiro atoms. The highest BCUT2D eigenvalue weighted by atomic mass is 14.9. The topological polar surface area (TPSA) is 12.0 Å². The van der Waals surface area contributed by atoms with Gasteiger partial charge >= 0.3 is 0 Å². The average Bonchev–Trinajstić information content (AvgIpc) is 2.46. The number of para-hydroxylation sites is 1. The van der Waals surface area contributed by atoms with Crippen LogP contribution in [0.2, 0.25) is 0 Å². The lowest BCUT2D eigenvalue weighted by molar-refractivity contribution is 0.624. The van der Waals surface area contributed by atoms with E-state index in [4.69, 9.17) is 6.42 Å². The van der Waals surface area contributed by atoms with Gasteiger partial charge < -0.3 is 5.32 Å². The van der Waals surface area contributed by atoms with Crippen LogP contribution in [-0.2, 0) is 0 Å². The predicted molar refractivity (Wildman–Crippen MR) is 77.2 cm³/mol. The van der Waals surface area contributed by atoms with Gasteiger partial charge in [-0.05, 0) is 24.6 Å². The third-order valence-corrected chi connectivity index (χ3v) is 3.02. The molecule has 2 unspecified atom stereocenters. The van der Waals surface area contributed by atoms with E-state index in [0.29, 0.717) is 0 Å². The first-order chi connectivity index (χ1) is 8.81. The maximum Gasteiger partial charge on any atom is 0.0648 e. The first-order valence-electron chi connectivity index (χ1n) is 6.14. The summed E-state index contributed by atoms with van der Waals surface area (Å²) >= 11 is 0. The summed E-state index contributed by atoms with van der Waals surface area (Å²) in [5, 5.41) is 3.50. The Hall–Kier alpha value is -2.20. The summed E-state index contributed by atoms with van der Waals surface area (Å²) in [6, 6.07) is 20.6. The first-order valence-corrected chi connectivity index (χ1v) is 6.14. The molecule has 0 aliphatic heterocycles. The lowest BCUT2D eigenvalue weighted by Gasteiger charge is -2.23. The van der Waals surface area contributed by atoms with E-state index in [2.05, 4.69) is 42.4 Å². The largest absolute Gasteiger partial charge is 0.377 e. The van der Waals surface area contributed by atoms with Crippen molar-refractivity contribution in [2.75, 3.05) is 5.32 Å². The minimum absolute atomic E-state index is 0.132. The number of anilines is 1. The van der Waals surface area contributed by atoms with Crippen molar-refractivity contribution in [3.05, 3.63) is 66.2 Å². The Morgan fingerprint density at radius 2 is 1.50 bits per heavy atom. The Bertz CT molecular complexity index is 510. The molecule has 0 aliphatic rings. The minimum atomic E-state index is 0.132. The molecule has 2 atom stereocenters. The van der Waals surface area contributed by atoms with Gasteiger partial charge in [-0.3, -0.25) is 0 Å². The third-order valence-electron chi connectivity index (χ3n) is 3.02. The van der Waals surface area contributed by atoms with Gasteiger partial charge in [-0.2, -0.15) is 0 Å². The van der Waals surface area contributed by atoms with E-state index in [-0.39, 0.29) is 12.0 Å². The van der Waals surface area contributed by atoms with Crippen molar-refractivity contribution < 1.29 is 0 Å². The second-order valence-corrected chi connectivity index (χ2v) is 4.35. The van der Waals surface area contributed by atoms with Crippen LogP contribution in [0.15, 0.2) is 60.7 Å². The van der Waals surface area contributed by atoms with Gasteiger partial charge in [0, 0.05) is 11.6 Å². The fraction of sp³-hybridized carbons (Fsp3) is 0.176. The second-order valence-electron chi connectivity index (χ2n) is 4.35. The summed E-state index contributed by atoms with van der Waals surface area (Å²) in [6.45, 7) is 2.06. The highest BCUT2D eigenvalue weighted by molar-refractivity contribution is 5.46. The van der Waals surface area contributed by atoms with Gasteiger partial charge in [-0.25, -0.2) is 0 Å². The second kappa shape index (κ2) is 5.93. The molecule has 0 aromatic heterocycles. The van der Waals surface area contributed by atoms with Crippen LogP contribution in [0.4, 0.5) is 5.69 Å². The number of benzene rings is 2. The van der Waals surface area contributed by atoms with E-state index in [0.717, 1.165) is 5.69 Å². The van der Waals surface area contributed by atoms with Crippen LogP contribution in [0, 0.1) is 18.3 Å². The summed E-state index contributed by atoms with van der Waals surface area (Å²) in [6.07, 6.45) is 5.57. The molecular formula is C17H17N. The maximum absolute atomic E-state index is 5.57. The SMILES string of the molecule is C#CC(C)C(Nc1ccccc1)c1ccccc1. The molecule has 0 amide bonds. The molecule has 1 nitrogen and oxygen atoms in total. The summed E-state index contributed by atoms with van der Waals surface area (Å²) < 4.78 is 0. The summed E-state index contributed by atoms with van der Waals surface area (Å²) in [4.78, 5) is 0. The van der Waals surface area contributed by atoms with Gasteiger partial charge in [-0.1, -0.05) is 48.5 Å². The van der Waals surface area contributed by atoms with Gasteiger partial charge in [0.25, 0.3) is 0 Å². The Morgan fingerprint density at radius 1 is 0.944 bits per heavy atom. The smallest absolute Gasteiger partial charge is 0.0648 e. The minimum Gasteiger partial charge on any atom is -0.377 e. The number of terminal acetylenes is 1. The molecule has 0 heterocycles. The lowest BCUT2D eigenvalue weighted by Crippen LogP contribution is -2.17. The van der Waals surface area contributed by atoms with Gasteiger partial charge in [0.05, 0.1) is 6.04 Å². The number of nitrogens with one attached hydrogen (secondary N) is 1. The summed E-state index contributed by atoms with van der Waals surface area (Å²) in [5.74, 6) is 2.95. The zero-order valence-corrected chi connectivity index (χ0v) is 10.5. The quantitative estimate of drug-likeness (QED) is 0.786. The molecule has 1 N–H and O–H groups in total. The fourth-order valence-corrected chi connectivity index (χ4v) is 1.97. The Balaban J connectivity index is 2.25. The molecule has 90 valence electrons. The van der Waals surface area contributed by atoms with E-state index >= 15 is 0 Å². The number of hydrogen-bond acceptors (Lipinski definition) is 1. The van der Waals surface area contributed by atoms with Crippen molar-refractivity contribution in [2.24, 2.45) is 5.92 Å². The van der Waals surface area contributed by atoms with Gasteiger partial charge in [0.1, 0.15) is 0 Å². The highest BCUT2D eigenvalue weighted by Crippen LogP contribution is 2.26. The van der Waals surface area contributed by atoms with Crippen LogP contribution in [0.5, 0.6) is 0 Å². The van der Waals surface area contributed by atoms with Gasteiger partial charge in [0.15, 0.2) is 0 Å². The standard InChI is InChI=1S/C17H17N/c1-3-14(2)17(15-10-6-4-7-11-15)18-16-12-8-5-9-13-16/h1,4-14,17-18H,2H3. The molecule has 2 rings (SSSR count). The Labute approximate surface area is 109 Å². The molecule has 0 aliphatic carbocycles. The predicted octanol–water partition coefficient (Wildman–Crippen LogP) is 4.11. The van der Waals surface area contributed by atoms with E-state index in [1.165, 1.54) is 5.56 Å². The zero-order valence-electron chi connectivity index (χ0n) is 10.5.